The van der Waals surface area contributed by atoms with Gasteiger partial charge in [0.05, 0.1) is 0 Å². The normalized spacial score (nSPS) is 11.7. The largest absolute Gasteiger partial charge is 0.0616 e. The van der Waals surface area contributed by atoms with E-state index in [0.29, 0.717) is 0 Å². The average molecular weight is 683 g/mol. The summed E-state index contributed by atoms with van der Waals surface area (Å²) in [5, 5.41) is 15.2. The van der Waals surface area contributed by atoms with Crippen LogP contribution in [0.1, 0.15) is 0 Å². The molecular weight excluding hydrogens is 649 g/mol. The van der Waals surface area contributed by atoms with Gasteiger partial charge in [-0.2, -0.15) is 0 Å². The molecule has 54 heavy (non-hydrogen) atoms. The second-order valence-corrected chi connectivity index (χ2v) is 14.4. The molecule has 0 N–H and O–H groups in total. The van der Waals surface area contributed by atoms with E-state index in [4.69, 9.17) is 0 Å². The zero-order valence-corrected chi connectivity index (χ0v) is 29.6. The predicted molar refractivity (Wildman–Crippen MR) is 233 cm³/mol. The van der Waals surface area contributed by atoms with Gasteiger partial charge in [0.1, 0.15) is 0 Å². The first-order valence-electron chi connectivity index (χ1n) is 18.8. The third-order valence-electron chi connectivity index (χ3n) is 11.4. The summed E-state index contributed by atoms with van der Waals surface area (Å²) >= 11 is 0. The lowest BCUT2D eigenvalue weighted by Gasteiger charge is -2.19. The van der Waals surface area contributed by atoms with E-state index in [-0.39, 0.29) is 0 Å². The Labute approximate surface area is 314 Å². The van der Waals surface area contributed by atoms with Crippen molar-refractivity contribution in [3.63, 3.8) is 0 Å². The minimum atomic E-state index is 1.21. The fraction of sp³-hybridized carbons (Fsp3) is 0. The van der Waals surface area contributed by atoms with E-state index in [0.717, 1.165) is 0 Å². The molecule has 0 unspecified atom stereocenters. The van der Waals surface area contributed by atoms with Gasteiger partial charge in [-0.1, -0.05) is 182 Å². The minimum Gasteiger partial charge on any atom is -0.0616 e. The van der Waals surface area contributed by atoms with Gasteiger partial charge in [0.25, 0.3) is 0 Å². The molecule has 0 saturated carbocycles. The van der Waals surface area contributed by atoms with Crippen molar-refractivity contribution in [3.05, 3.63) is 206 Å². The molecule has 0 heterocycles. The molecule has 11 rings (SSSR count). The van der Waals surface area contributed by atoms with E-state index in [9.17, 15) is 0 Å². The molecule has 0 amide bonds. The first-order chi connectivity index (χ1) is 26.8. The molecule has 11 aromatic rings. The molecule has 0 atom stereocenters. The van der Waals surface area contributed by atoms with Crippen molar-refractivity contribution < 1.29 is 0 Å². The third-order valence-corrected chi connectivity index (χ3v) is 11.4. The maximum absolute atomic E-state index is 2.38. The van der Waals surface area contributed by atoms with Crippen LogP contribution in [-0.4, -0.2) is 0 Å². The van der Waals surface area contributed by atoms with Crippen molar-refractivity contribution in [2.45, 2.75) is 0 Å². The van der Waals surface area contributed by atoms with Gasteiger partial charge >= 0.3 is 0 Å². The lowest BCUT2D eigenvalue weighted by Crippen LogP contribution is -1.92. The number of benzene rings is 11. The van der Waals surface area contributed by atoms with Crippen molar-refractivity contribution in [2.24, 2.45) is 0 Å². The maximum atomic E-state index is 2.38. The molecule has 0 spiro atoms. The molecule has 0 bridgehead atoms. The van der Waals surface area contributed by atoms with Crippen molar-refractivity contribution in [1.29, 1.82) is 0 Å². The van der Waals surface area contributed by atoms with Crippen LogP contribution in [-0.2, 0) is 0 Å². The number of rotatable bonds is 4. The predicted octanol–water partition coefficient (Wildman–Crippen LogP) is 15.3. The van der Waals surface area contributed by atoms with Crippen LogP contribution in [0.4, 0.5) is 0 Å². The number of hydrogen-bond acceptors (Lipinski definition) is 0. The zero-order valence-electron chi connectivity index (χ0n) is 29.6. The van der Waals surface area contributed by atoms with E-state index >= 15 is 0 Å². The standard InChI is InChI=1S/C54H34/c1-2-15-39-34-52-41(32-36(39)14-1)29-30-46-45(52)27-12-28-47(46)54-50-24-7-5-22-48(50)53(49-23-6-8-25-51(49)54)42-20-10-18-38(33-42)37-17-9-19-40(31-37)44-26-11-16-35-13-3-4-21-43(35)44/h1-34H. The molecule has 0 aromatic heterocycles. The Kier molecular flexibility index (Phi) is 6.97. The fourth-order valence-electron chi connectivity index (χ4n) is 8.93. The molecule has 0 nitrogen and oxygen atoms in total. The summed E-state index contributed by atoms with van der Waals surface area (Å²) in [6, 6.07) is 76.1. The quantitative estimate of drug-likeness (QED) is 0.128. The summed E-state index contributed by atoms with van der Waals surface area (Å²) in [5.41, 5.74) is 9.95. The summed E-state index contributed by atoms with van der Waals surface area (Å²) in [4.78, 5) is 0. The van der Waals surface area contributed by atoms with Gasteiger partial charge < -0.3 is 0 Å². The molecular formula is C54H34. The molecule has 0 radical (unpaired) electrons. The zero-order chi connectivity index (χ0) is 35.6. The summed E-state index contributed by atoms with van der Waals surface area (Å²) in [7, 11) is 0. The van der Waals surface area contributed by atoms with Gasteiger partial charge in [0.15, 0.2) is 0 Å². The second kappa shape index (κ2) is 12.3. The highest BCUT2D eigenvalue weighted by molar-refractivity contribution is 6.25. The third kappa shape index (κ3) is 4.85. The summed E-state index contributed by atoms with van der Waals surface area (Å²) in [6.07, 6.45) is 0. The number of fused-ring (bicyclic) bond motifs is 7. The van der Waals surface area contributed by atoms with Crippen LogP contribution in [0.3, 0.4) is 0 Å². The second-order valence-electron chi connectivity index (χ2n) is 14.4. The summed E-state index contributed by atoms with van der Waals surface area (Å²) in [6.45, 7) is 0. The average Bonchev–Trinajstić information content (AvgIpc) is 3.24. The molecule has 0 fully saturated rings. The SMILES string of the molecule is c1cc(-c2cccc(-c3c4ccccc4c(-c4cccc5c4ccc4cc6ccccc6cc45)c4ccccc34)c2)cc(-c2cccc3ccccc23)c1. The molecule has 0 saturated heterocycles. The Morgan fingerprint density at radius 1 is 0.185 bits per heavy atom. The molecule has 11 aromatic carbocycles. The van der Waals surface area contributed by atoms with E-state index < -0.39 is 0 Å². The number of hydrogen-bond donors (Lipinski definition) is 0. The van der Waals surface area contributed by atoms with Crippen LogP contribution in [0.2, 0.25) is 0 Å². The van der Waals surface area contributed by atoms with Gasteiger partial charge in [-0.05, 0) is 133 Å². The van der Waals surface area contributed by atoms with Gasteiger partial charge in [-0.25, -0.2) is 0 Å². The summed E-state index contributed by atoms with van der Waals surface area (Å²) < 4.78 is 0. The maximum Gasteiger partial charge on any atom is -0.00201 e. The fourth-order valence-corrected chi connectivity index (χ4v) is 8.93. The summed E-state index contributed by atoms with van der Waals surface area (Å²) in [5.74, 6) is 0. The lowest BCUT2D eigenvalue weighted by molar-refractivity contribution is 1.60. The Bertz CT molecular complexity index is 3210. The molecule has 0 heteroatoms. The Hall–Kier alpha value is -7.02. The van der Waals surface area contributed by atoms with E-state index in [1.807, 2.05) is 0 Å². The van der Waals surface area contributed by atoms with E-state index in [1.54, 1.807) is 0 Å². The minimum absolute atomic E-state index is 1.21. The highest BCUT2D eigenvalue weighted by Gasteiger charge is 2.19. The van der Waals surface area contributed by atoms with Crippen LogP contribution in [0, 0.1) is 0 Å². The molecule has 0 aliphatic rings. The Morgan fingerprint density at radius 2 is 0.667 bits per heavy atom. The Morgan fingerprint density at radius 3 is 1.39 bits per heavy atom. The van der Waals surface area contributed by atoms with Gasteiger partial charge in [-0.15, -0.1) is 0 Å². The highest BCUT2D eigenvalue weighted by Crippen LogP contribution is 2.46. The van der Waals surface area contributed by atoms with Crippen LogP contribution in [0.5, 0.6) is 0 Å². The van der Waals surface area contributed by atoms with Gasteiger partial charge in [0, 0.05) is 0 Å². The topological polar surface area (TPSA) is 0 Å². The lowest BCUT2D eigenvalue weighted by atomic mass is 9.84. The van der Waals surface area contributed by atoms with Crippen molar-refractivity contribution in [3.8, 4) is 44.5 Å². The Balaban J connectivity index is 1.11. The van der Waals surface area contributed by atoms with E-state index in [2.05, 4.69) is 206 Å². The van der Waals surface area contributed by atoms with Crippen LogP contribution in [0.25, 0.3) is 109 Å². The molecule has 250 valence electrons. The van der Waals surface area contributed by atoms with Crippen LogP contribution >= 0.6 is 0 Å². The molecule has 0 aliphatic carbocycles. The van der Waals surface area contributed by atoms with Crippen molar-refractivity contribution >= 4 is 64.6 Å². The molecule has 0 aliphatic heterocycles. The van der Waals surface area contributed by atoms with Crippen molar-refractivity contribution in [2.75, 3.05) is 0 Å². The highest BCUT2D eigenvalue weighted by atomic mass is 14.2. The van der Waals surface area contributed by atoms with E-state index in [1.165, 1.54) is 109 Å². The van der Waals surface area contributed by atoms with Gasteiger partial charge in [0.2, 0.25) is 0 Å². The van der Waals surface area contributed by atoms with Crippen LogP contribution in [0.15, 0.2) is 206 Å². The van der Waals surface area contributed by atoms with Gasteiger partial charge in [-0.3, -0.25) is 0 Å². The van der Waals surface area contributed by atoms with Crippen molar-refractivity contribution in [1.82, 2.24) is 0 Å². The van der Waals surface area contributed by atoms with Crippen LogP contribution < -0.4 is 0 Å². The monoisotopic (exact) mass is 682 g/mol. The first kappa shape index (κ1) is 30.6. The first-order valence-corrected chi connectivity index (χ1v) is 18.8. The smallest absolute Gasteiger partial charge is 0.00201 e.